The maximum absolute atomic E-state index is 12.5. The van der Waals surface area contributed by atoms with Gasteiger partial charge in [0.05, 0.1) is 13.0 Å². The lowest BCUT2D eigenvalue weighted by molar-refractivity contribution is -0.136. The highest BCUT2D eigenvalue weighted by molar-refractivity contribution is 5.79. The zero-order valence-corrected chi connectivity index (χ0v) is 12.7. The van der Waals surface area contributed by atoms with Crippen molar-refractivity contribution < 1.29 is 14.6 Å². The van der Waals surface area contributed by atoms with Crippen molar-refractivity contribution in [2.75, 3.05) is 14.2 Å². The fraction of sp³-hybridized carbons (Fsp3) is 0.562. The summed E-state index contributed by atoms with van der Waals surface area (Å²) >= 11 is 0. The van der Waals surface area contributed by atoms with Crippen LogP contribution in [0, 0.1) is 5.92 Å². The second-order valence-corrected chi connectivity index (χ2v) is 5.76. The summed E-state index contributed by atoms with van der Waals surface area (Å²) < 4.78 is 5.09. The lowest BCUT2D eigenvalue weighted by Crippen LogP contribution is -2.44. The first-order valence-corrected chi connectivity index (χ1v) is 7.39. The molecule has 21 heavy (non-hydrogen) atoms. The van der Waals surface area contributed by atoms with Crippen molar-refractivity contribution in [3.05, 3.63) is 23.8 Å². The summed E-state index contributed by atoms with van der Waals surface area (Å²) in [5.41, 5.74) is 7.00. The molecule has 0 heterocycles. The van der Waals surface area contributed by atoms with Crippen molar-refractivity contribution in [1.82, 2.24) is 4.90 Å². The number of methoxy groups -OCH3 is 1. The van der Waals surface area contributed by atoms with Gasteiger partial charge in [0, 0.05) is 19.6 Å². The molecule has 0 aliphatic heterocycles. The van der Waals surface area contributed by atoms with Crippen LogP contribution in [0.1, 0.15) is 31.2 Å². The molecule has 0 bridgehead atoms. The Hall–Kier alpha value is -1.75. The number of benzene rings is 1. The first-order chi connectivity index (χ1) is 10.0. The largest absolute Gasteiger partial charge is 0.504 e. The highest BCUT2D eigenvalue weighted by Gasteiger charge is 2.30. The molecule has 5 heteroatoms. The number of phenols is 1. The molecule has 1 aromatic rings. The van der Waals surface area contributed by atoms with Crippen molar-refractivity contribution >= 4 is 5.91 Å². The van der Waals surface area contributed by atoms with Gasteiger partial charge < -0.3 is 20.5 Å². The van der Waals surface area contributed by atoms with Crippen molar-refractivity contribution in [2.24, 2.45) is 11.7 Å². The van der Waals surface area contributed by atoms with Crippen LogP contribution in [0.3, 0.4) is 0 Å². The number of nitrogens with zero attached hydrogens (tertiary/aromatic N) is 1. The number of hydrogen-bond donors (Lipinski definition) is 2. The van der Waals surface area contributed by atoms with Gasteiger partial charge in [0.2, 0.25) is 5.91 Å². The van der Waals surface area contributed by atoms with Gasteiger partial charge in [0.1, 0.15) is 0 Å². The highest BCUT2D eigenvalue weighted by Crippen LogP contribution is 2.28. The van der Waals surface area contributed by atoms with Gasteiger partial charge in [0.15, 0.2) is 11.5 Å². The van der Waals surface area contributed by atoms with Crippen LogP contribution in [0.5, 0.6) is 11.5 Å². The van der Waals surface area contributed by atoms with E-state index in [2.05, 4.69) is 0 Å². The summed E-state index contributed by atoms with van der Waals surface area (Å²) in [5.74, 6) is 0.559. The quantitative estimate of drug-likeness (QED) is 0.888. The zero-order chi connectivity index (χ0) is 15.4. The molecule has 116 valence electrons. The number of aromatic hydroxyl groups is 1. The van der Waals surface area contributed by atoms with Gasteiger partial charge in [-0.15, -0.1) is 0 Å². The maximum Gasteiger partial charge on any atom is 0.227 e. The lowest BCUT2D eigenvalue weighted by atomic mass is 9.84. The lowest BCUT2D eigenvalue weighted by Gasteiger charge is -2.31. The van der Waals surface area contributed by atoms with Gasteiger partial charge in [0.25, 0.3) is 0 Å². The topological polar surface area (TPSA) is 75.8 Å². The molecule has 2 rings (SSSR count). The second-order valence-electron chi connectivity index (χ2n) is 5.76. The van der Waals surface area contributed by atoms with Gasteiger partial charge in [-0.2, -0.15) is 0 Å². The van der Waals surface area contributed by atoms with E-state index < -0.39 is 0 Å². The molecule has 0 radical (unpaired) electrons. The van der Waals surface area contributed by atoms with E-state index in [1.54, 1.807) is 30.1 Å². The molecule has 1 amide bonds. The molecule has 2 atom stereocenters. The zero-order valence-electron chi connectivity index (χ0n) is 12.7. The van der Waals surface area contributed by atoms with Gasteiger partial charge >= 0.3 is 0 Å². The molecule has 2 unspecified atom stereocenters. The van der Waals surface area contributed by atoms with Crippen molar-refractivity contribution in [2.45, 2.75) is 38.3 Å². The van der Waals surface area contributed by atoms with E-state index in [4.69, 9.17) is 10.5 Å². The summed E-state index contributed by atoms with van der Waals surface area (Å²) in [6, 6.07) is 5.10. The number of hydrogen-bond acceptors (Lipinski definition) is 4. The summed E-state index contributed by atoms with van der Waals surface area (Å²) in [5, 5.41) is 9.59. The maximum atomic E-state index is 12.5. The van der Waals surface area contributed by atoms with Crippen molar-refractivity contribution in [1.29, 1.82) is 0 Å². The molecule has 1 aliphatic rings. The van der Waals surface area contributed by atoms with E-state index in [0.29, 0.717) is 12.3 Å². The Morgan fingerprint density at radius 1 is 1.43 bits per heavy atom. The standard InChI is InChI=1S/C16H24N2O3/c1-18(16(20)12-5-3-4-6-13(12)17)10-11-7-8-14(19)15(9-11)21-2/h7-9,12-13,19H,3-6,10,17H2,1-2H3. The molecule has 0 spiro atoms. The molecule has 1 aliphatic carbocycles. The van der Waals surface area contributed by atoms with Crippen molar-refractivity contribution in [3.63, 3.8) is 0 Å². The van der Waals surface area contributed by atoms with Crippen LogP contribution in [0.2, 0.25) is 0 Å². The van der Waals surface area contributed by atoms with Crippen LogP contribution >= 0.6 is 0 Å². The van der Waals surface area contributed by atoms with Gasteiger partial charge in [-0.3, -0.25) is 4.79 Å². The molecule has 3 N–H and O–H groups in total. The summed E-state index contributed by atoms with van der Waals surface area (Å²) in [6.07, 6.45) is 4.00. The third-order valence-electron chi connectivity index (χ3n) is 4.18. The second kappa shape index (κ2) is 6.80. The summed E-state index contributed by atoms with van der Waals surface area (Å²) in [6.45, 7) is 0.485. The van der Waals surface area contributed by atoms with Crippen LogP contribution in [-0.2, 0) is 11.3 Å². The minimum absolute atomic E-state index is 0.0250. The SMILES string of the molecule is COc1cc(CN(C)C(=O)C2CCCCC2N)ccc1O. The Balaban J connectivity index is 2.03. The van der Waals surface area contributed by atoms with Crippen LogP contribution in [0.15, 0.2) is 18.2 Å². The van der Waals surface area contributed by atoms with E-state index in [0.717, 1.165) is 31.2 Å². The van der Waals surface area contributed by atoms with E-state index in [1.807, 2.05) is 0 Å². The first-order valence-electron chi connectivity index (χ1n) is 7.39. The summed E-state index contributed by atoms with van der Waals surface area (Å²) in [4.78, 5) is 14.2. The van der Waals surface area contributed by atoms with Crippen LogP contribution in [-0.4, -0.2) is 36.1 Å². The molecule has 5 nitrogen and oxygen atoms in total. The number of rotatable bonds is 4. The van der Waals surface area contributed by atoms with Gasteiger partial charge in [-0.05, 0) is 30.5 Å². The normalized spacial score (nSPS) is 21.9. The molecule has 0 aromatic heterocycles. The minimum Gasteiger partial charge on any atom is -0.504 e. The monoisotopic (exact) mass is 292 g/mol. The average molecular weight is 292 g/mol. The fourth-order valence-electron chi connectivity index (χ4n) is 2.92. The predicted molar refractivity (Wildman–Crippen MR) is 81.1 cm³/mol. The van der Waals surface area contributed by atoms with E-state index in [9.17, 15) is 9.90 Å². The Bertz CT molecular complexity index is 504. The molecule has 1 saturated carbocycles. The average Bonchev–Trinajstić information content (AvgIpc) is 2.49. The third-order valence-corrected chi connectivity index (χ3v) is 4.18. The van der Waals surface area contributed by atoms with Gasteiger partial charge in [-0.25, -0.2) is 0 Å². The van der Waals surface area contributed by atoms with Crippen LogP contribution in [0.4, 0.5) is 0 Å². The van der Waals surface area contributed by atoms with Crippen molar-refractivity contribution in [3.8, 4) is 11.5 Å². The first kappa shape index (κ1) is 15.6. The predicted octanol–water partition coefficient (Wildman–Crippen LogP) is 1.88. The summed E-state index contributed by atoms with van der Waals surface area (Å²) in [7, 11) is 3.30. The van der Waals surface area contributed by atoms with E-state index in [1.165, 1.54) is 7.11 Å². The fourth-order valence-corrected chi connectivity index (χ4v) is 2.92. The third kappa shape index (κ3) is 3.67. The van der Waals surface area contributed by atoms with Crippen LogP contribution < -0.4 is 10.5 Å². The number of phenolic OH excluding ortho intramolecular Hbond substituents is 1. The van der Waals surface area contributed by atoms with E-state index in [-0.39, 0.29) is 23.6 Å². The van der Waals surface area contributed by atoms with Gasteiger partial charge in [-0.1, -0.05) is 18.9 Å². The minimum atomic E-state index is -0.0669. The smallest absolute Gasteiger partial charge is 0.227 e. The Morgan fingerprint density at radius 2 is 2.14 bits per heavy atom. The number of amides is 1. The number of ether oxygens (including phenoxy) is 1. The molecule has 1 aromatic carbocycles. The van der Waals surface area contributed by atoms with Crippen LogP contribution in [0.25, 0.3) is 0 Å². The molecule has 1 fully saturated rings. The molecule has 0 saturated heterocycles. The highest BCUT2D eigenvalue weighted by atomic mass is 16.5. The van der Waals surface area contributed by atoms with E-state index >= 15 is 0 Å². The molecular formula is C16H24N2O3. The molecular weight excluding hydrogens is 268 g/mol. The Morgan fingerprint density at radius 3 is 2.81 bits per heavy atom. The number of carbonyl (C=O) groups is 1. The number of nitrogens with two attached hydrogens (primary N) is 1. The Kier molecular flexibility index (Phi) is 5.07. The number of carbonyl (C=O) groups excluding carboxylic acids is 1. The Labute approximate surface area is 125 Å².